The molecule has 0 radical (unpaired) electrons. The van der Waals surface area contributed by atoms with Crippen LogP contribution in [0, 0.1) is 28.6 Å². The van der Waals surface area contributed by atoms with E-state index in [0.29, 0.717) is 31.3 Å². The first kappa shape index (κ1) is 17.9. The highest BCUT2D eigenvalue weighted by atomic mass is 16.6. The maximum Gasteiger partial charge on any atom is 0.317 e. The summed E-state index contributed by atoms with van der Waals surface area (Å²) in [5.74, 6) is -3.84. The summed E-state index contributed by atoms with van der Waals surface area (Å²) < 4.78 is 11.4. The lowest BCUT2D eigenvalue weighted by Crippen LogP contribution is -2.52. The van der Waals surface area contributed by atoms with Crippen LogP contribution in [-0.4, -0.2) is 45.4 Å². The number of rotatable bonds is 2. The molecule has 4 fully saturated rings. The fourth-order valence-corrected chi connectivity index (χ4v) is 7.46. The largest absolute Gasteiger partial charge is 0.481 e. The van der Waals surface area contributed by atoms with Crippen molar-refractivity contribution in [1.82, 2.24) is 0 Å². The standard InChI is InChI=1S/C21H24O7/c1-10-8-19-9-20(10,26)6-4-12(19)21-7-5-13(27-11(2)22)18(3,17(25)28-21)15(21)14(19)16(23)24/h5,7,12-15,26H,1,4,6,8-9H2,2-3H3,(H,23,24)/t12-,13+,14-,15-,18-,19+,20+,21-/m1/s1. The number of fused-ring (bicyclic) bond motifs is 1. The van der Waals surface area contributed by atoms with Crippen LogP contribution in [-0.2, 0) is 23.9 Å². The third kappa shape index (κ3) is 1.69. The Bertz CT molecular complexity index is 876. The van der Waals surface area contributed by atoms with Crippen molar-refractivity contribution in [3.63, 3.8) is 0 Å². The Morgan fingerprint density at radius 1 is 1.39 bits per heavy atom. The molecule has 0 aromatic carbocycles. The van der Waals surface area contributed by atoms with Gasteiger partial charge in [-0.3, -0.25) is 14.4 Å². The quantitative estimate of drug-likeness (QED) is 0.546. The van der Waals surface area contributed by atoms with E-state index in [1.165, 1.54) is 6.92 Å². The number of hydrogen-bond donors (Lipinski definition) is 2. The molecule has 1 spiro atoms. The molecule has 2 N–H and O–H groups in total. The lowest BCUT2D eigenvalue weighted by molar-refractivity contribution is -0.167. The molecule has 1 saturated heterocycles. The van der Waals surface area contributed by atoms with Crippen LogP contribution in [0.25, 0.3) is 0 Å². The average Bonchev–Trinajstić information content (AvgIpc) is 3.00. The van der Waals surface area contributed by atoms with Gasteiger partial charge in [-0.05, 0) is 55.7 Å². The number of carboxylic acid groups (broad SMARTS) is 1. The Morgan fingerprint density at radius 2 is 2.11 bits per heavy atom. The molecule has 4 bridgehead atoms. The summed E-state index contributed by atoms with van der Waals surface area (Å²) in [6.45, 7) is 6.96. The van der Waals surface area contributed by atoms with Crippen molar-refractivity contribution in [2.75, 3.05) is 0 Å². The monoisotopic (exact) mass is 388 g/mol. The van der Waals surface area contributed by atoms with Gasteiger partial charge in [-0.15, -0.1) is 0 Å². The van der Waals surface area contributed by atoms with Gasteiger partial charge in [-0.2, -0.15) is 0 Å². The van der Waals surface area contributed by atoms with Crippen molar-refractivity contribution in [3.8, 4) is 0 Å². The summed E-state index contributed by atoms with van der Waals surface area (Å²) in [6.07, 6.45) is 4.34. The van der Waals surface area contributed by atoms with Crippen molar-refractivity contribution in [2.45, 2.75) is 56.8 Å². The number of carbonyl (C=O) groups is 3. The number of ether oxygens (including phenoxy) is 2. The highest BCUT2D eigenvalue weighted by Gasteiger charge is 2.84. The molecule has 3 saturated carbocycles. The molecule has 4 aliphatic carbocycles. The molecule has 150 valence electrons. The van der Waals surface area contributed by atoms with Crippen LogP contribution in [0.4, 0.5) is 0 Å². The van der Waals surface area contributed by atoms with Crippen LogP contribution >= 0.6 is 0 Å². The fraction of sp³-hybridized carbons (Fsp3) is 0.667. The van der Waals surface area contributed by atoms with Gasteiger partial charge in [-0.1, -0.05) is 6.58 Å². The number of aliphatic hydroxyl groups is 1. The maximum atomic E-state index is 13.0. The molecule has 28 heavy (non-hydrogen) atoms. The van der Waals surface area contributed by atoms with E-state index in [1.807, 2.05) is 0 Å². The molecule has 0 aromatic rings. The minimum Gasteiger partial charge on any atom is -0.481 e. The van der Waals surface area contributed by atoms with Gasteiger partial charge in [0.2, 0.25) is 0 Å². The first-order valence-corrected chi connectivity index (χ1v) is 9.75. The molecular formula is C21H24O7. The predicted octanol–water partition coefficient (Wildman–Crippen LogP) is 1.60. The normalized spacial score (nSPS) is 52.8. The van der Waals surface area contributed by atoms with E-state index in [0.717, 1.165) is 0 Å². The van der Waals surface area contributed by atoms with Crippen LogP contribution in [0.3, 0.4) is 0 Å². The highest BCUT2D eigenvalue weighted by molar-refractivity contribution is 5.87. The number of carbonyl (C=O) groups excluding carboxylic acids is 2. The topological polar surface area (TPSA) is 110 Å². The molecule has 5 rings (SSSR count). The maximum absolute atomic E-state index is 13.0. The van der Waals surface area contributed by atoms with Gasteiger partial charge >= 0.3 is 17.9 Å². The fourth-order valence-electron chi connectivity index (χ4n) is 7.46. The number of hydrogen-bond acceptors (Lipinski definition) is 6. The summed E-state index contributed by atoms with van der Waals surface area (Å²) in [4.78, 5) is 37.3. The molecule has 7 heteroatoms. The molecule has 1 aliphatic heterocycles. The van der Waals surface area contributed by atoms with E-state index in [9.17, 15) is 24.6 Å². The van der Waals surface area contributed by atoms with Crippen LogP contribution in [0.1, 0.15) is 39.5 Å². The van der Waals surface area contributed by atoms with Gasteiger partial charge in [0.05, 0.1) is 11.5 Å². The molecule has 0 unspecified atom stereocenters. The van der Waals surface area contributed by atoms with E-state index < -0.39 is 57.9 Å². The average molecular weight is 388 g/mol. The third-order valence-corrected chi connectivity index (χ3v) is 8.38. The van der Waals surface area contributed by atoms with Crippen molar-refractivity contribution >= 4 is 17.9 Å². The Hall–Kier alpha value is -2.15. The Labute approximate surface area is 162 Å². The van der Waals surface area contributed by atoms with E-state index in [4.69, 9.17) is 9.47 Å². The molecule has 0 amide bonds. The molecular weight excluding hydrogens is 364 g/mol. The first-order chi connectivity index (χ1) is 13.0. The van der Waals surface area contributed by atoms with Crippen molar-refractivity contribution in [1.29, 1.82) is 0 Å². The predicted molar refractivity (Wildman–Crippen MR) is 94.7 cm³/mol. The summed E-state index contributed by atoms with van der Waals surface area (Å²) in [5, 5.41) is 21.3. The minimum atomic E-state index is -1.28. The molecule has 1 heterocycles. The van der Waals surface area contributed by atoms with Gasteiger partial charge in [-0.25, -0.2) is 0 Å². The zero-order valence-electron chi connectivity index (χ0n) is 15.9. The summed E-state index contributed by atoms with van der Waals surface area (Å²) in [7, 11) is 0. The minimum absolute atomic E-state index is 0.217. The first-order valence-electron chi connectivity index (χ1n) is 9.75. The second-order valence-electron chi connectivity index (χ2n) is 9.52. The summed E-state index contributed by atoms with van der Waals surface area (Å²) >= 11 is 0. The van der Waals surface area contributed by atoms with Gasteiger partial charge in [0.1, 0.15) is 17.1 Å². The third-order valence-electron chi connectivity index (χ3n) is 8.38. The van der Waals surface area contributed by atoms with Crippen molar-refractivity contribution < 1.29 is 34.1 Å². The Balaban J connectivity index is 1.73. The van der Waals surface area contributed by atoms with E-state index in [1.54, 1.807) is 19.1 Å². The number of esters is 2. The van der Waals surface area contributed by atoms with Gasteiger partial charge in [0.25, 0.3) is 0 Å². The van der Waals surface area contributed by atoms with E-state index >= 15 is 0 Å². The van der Waals surface area contributed by atoms with Crippen LogP contribution in [0.5, 0.6) is 0 Å². The van der Waals surface area contributed by atoms with Gasteiger partial charge in [0, 0.05) is 18.8 Å². The zero-order chi connectivity index (χ0) is 20.3. The van der Waals surface area contributed by atoms with Gasteiger partial charge in [0.15, 0.2) is 0 Å². The molecule has 8 atom stereocenters. The second kappa shape index (κ2) is 4.87. The Morgan fingerprint density at radius 3 is 2.75 bits per heavy atom. The Kier molecular flexibility index (Phi) is 3.12. The van der Waals surface area contributed by atoms with E-state index in [-0.39, 0.29) is 5.92 Å². The van der Waals surface area contributed by atoms with Crippen LogP contribution in [0.15, 0.2) is 24.3 Å². The van der Waals surface area contributed by atoms with Crippen LogP contribution in [0.2, 0.25) is 0 Å². The molecule has 0 aromatic heterocycles. The number of carboxylic acids is 1. The SMILES string of the molecule is C=C1C[C@]23C[C@@]1(O)CC[C@H]2[C@@]12C=C[C@H](OC(C)=O)[C@@](C)(C(=O)O1)[C@H]2[C@@H]3C(=O)O. The lowest BCUT2D eigenvalue weighted by atomic mass is 9.61. The highest BCUT2D eigenvalue weighted by Crippen LogP contribution is 2.77. The number of aliphatic carboxylic acids is 1. The molecule has 5 aliphatic rings. The molecule has 7 nitrogen and oxygen atoms in total. The van der Waals surface area contributed by atoms with Crippen LogP contribution < -0.4 is 0 Å². The lowest BCUT2D eigenvalue weighted by Gasteiger charge is -2.44. The summed E-state index contributed by atoms with van der Waals surface area (Å²) in [5.41, 5.74) is -3.44. The smallest absolute Gasteiger partial charge is 0.317 e. The second-order valence-corrected chi connectivity index (χ2v) is 9.52. The summed E-state index contributed by atoms with van der Waals surface area (Å²) in [6, 6.07) is 0. The van der Waals surface area contributed by atoms with E-state index in [2.05, 4.69) is 6.58 Å². The van der Waals surface area contributed by atoms with Crippen molar-refractivity contribution in [3.05, 3.63) is 24.3 Å². The zero-order valence-corrected chi connectivity index (χ0v) is 15.9. The van der Waals surface area contributed by atoms with Crippen molar-refractivity contribution in [2.24, 2.45) is 28.6 Å². The van der Waals surface area contributed by atoms with Gasteiger partial charge < -0.3 is 19.7 Å².